The second-order valence-electron chi connectivity index (χ2n) is 6.79. The molecular formula is C16H32N2. The zero-order valence-electron chi connectivity index (χ0n) is 12.7. The number of rotatable bonds is 7. The molecule has 0 spiro atoms. The Labute approximate surface area is 114 Å². The van der Waals surface area contributed by atoms with E-state index in [9.17, 15) is 0 Å². The molecule has 106 valence electrons. The molecule has 1 heterocycles. The molecule has 1 saturated heterocycles. The second-order valence-corrected chi connectivity index (χ2v) is 6.79. The zero-order chi connectivity index (χ0) is 13.0. The van der Waals surface area contributed by atoms with Crippen molar-refractivity contribution >= 4 is 0 Å². The van der Waals surface area contributed by atoms with Gasteiger partial charge in [-0.05, 0) is 39.0 Å². The van der Waals surface area contributed by atoms with Gasteiger partial charge in [0.2, 0.25) is 0 Å². The summed E-state index contributed by atoms with van der Waals surface area (Å²) in [5.74, 6) is 0.951. The van der Waals surface area contributed by atoms with Crippen LogP contribution in [0.15, 0.2) is 0 Å². The quantitative estimate of drug-likeness (QED) is 0.698. The Morgan fingerprint density at radius 2 is 2.06 bits per heavy atom. The summed E-state index contributed by atoms with van der Waals surface area (Å²) in [5, 5.41) is 3.78. The maximum atomic E-state index is 3.78. The third-order valence-electron chi connectivity index (χ3n) is 5.04. The minimum atomic E-state index is 0.413. The molecule has 2 heteroatoms. The third-order valence-corrected chi connectivity index (χ3v) is 5.04. The van der Waals surface area contributed by atoms with Crippen LogP contribution in [0.1, 0.15) is 65.7 Å². The van der Waals surface area contributed by atoms with Gasteiger partial charge in [0.1, 0.15) is 0 Å². The maximum absolute atomic E-state index is 3.78. The van der Waals surface area contributed by atoms with Crippen molar-refractivity contribution in [1.82, 2.24) is 10.2 Å². The fourth-order valence-corrected chi connectivity index (χ4v) is 3.46. The van der Waals surface area contributed by atoms with E-state index in [1.54, 1.807) is 0 Å². The molecule has 2 fully saturated rings. The number of unbranched alkanes of at least 4 members (excludes halogenated alkanes) is 3. The van der Waals surface area contributed by atoms with Crippen LogP contribution in [-0.4, -0.2) is 36.1 Å². The summed E-state index contributed by atoms with van der Waals surface area (Å²) < 4.78 is 0. The van der Waals surface area contributed by atoms with Crippen LogP contribution >= 0.6 is 0 Å². The summed E-state index contributed by atoms with van der Waals surface area (Å²) in [4.78, 5) is 2.74. The molecule has 0 aromatic heterocycles. The van der Waals surface area contributed by atoms with Crippen molar-refractivity contribution in [1.29, 1.82) is 0 Å². The fourth-order valence-electron chi connectivity index (χ4n) is 3.46. The van der Waals surface area contributed by atoms with E-state index in [1.165, 1.54) is 64.6 Å². The monoisotopic (exact) mass is 252 g/mol. The Bertz CT molecular complexity index is 249. The zero-order valence-corrected chi connectivity index (χ0v) is 12.7. The van der Waals surface area contributed by atoms with Crippen LogP contribution in [0.2, 0.25) is 0 Å². The van der Waals surface area contributed by atoms with Gasteiger partial charge in [0.25, 0.3) is 0 Å². The Balaban J connectivity index is 1.73. The molecule has 2 nitrogen and oxygen atoms in total. The highest BCUT2D eigenvalue weighted by molar-refractivity contribution is 5.02. The van der Waals surface area contributed by atoms with Gasteiger partial charge >= 0.3 is 0 Å². The molecule has 0 bridgehead atoms. The molecule has 0 amide bonds. The van der Waals surface area contributed by atoms with Gasteiger partial charge in [-0.3, -0.25) is 4.90 Å². The minimum Gasteiger partial charge on any atom is -0.309 e. The molecule has 1 saturated carbocycles. The number of hydrogen-bond acceptors (Lipinski definition) is 2. The highest BCUT2D eigenvalue weighted by Gasteiger charge is 2.44. The van der Waals surface area contributed by atoms with Crippen LogP contribution in [0.5, 0.6) is 0 Å². The summed E-state index contributed by atoms with van der Waals surface area (Å²) in [6.07, 6.45) is 9.88. The summed E-state index contributed by atoms with van der Waals surface area (Å²) >= 11 is 0. The van der Waals surface area contributed by atoms with E-state index in [-0.39, 0.29) is 0 Å². The molecule has 0 aromatic carbocycles. The number of piperazine rings is 1. The average molecular weight is 252 g/mol. The van der Waals surface area contributed by atoms with E-state index >= 15 is 0 Å². The Morgan fingerprint density at radius 3 is 2.72 bits per heavy atom. The Morgan fingerprint density at radius 1 is 1.28 bits per heavy atom. The van der Waals surface area contributed by atoms with Crippen LogP contribution in [0.3, 0.4) is 0 Å². The molecule has 2 unspecified atom stereocenters. The van der Waals surface area contributed by atoms with Crippen LogP contribution in [-0.2, 0) is 0 Å². The summed E-state index contributed by atoms with van der Waals surface area (Å²) in [6.45, 7) is 10.9. The minimum absolute atomic E-state index is 0.413. The molecule has 2 aliphatic rings. The topological polar surface area (TPSA) is 15.3 Å². The lowest BCUT2D eigenvalue weighted by atomic mass is 9.91. The van der Waals surface area contributed by atoms with Gasteiger partial charge < -0.3 is 5.32 Å². The predicted octanol–water partition coefficient (Wildman–Crippen LogP) is 3.42. The highest BCUT2D eigenvalue weighted by Crippen LogP contribution is 2.41. The second kappa shape index (κ2) is 6.38. The van der Waals surface area contributed by atoms with E-state index < -0.39 is 0 Å². The molecule has 0 radical (unpaired) electrons. The first-order valence-electron chi connectivity index (χ1n) is 8.15. The Hall–Kier alpha value is -0.0800. The average Bonchev–Trinajstić information content (AvgIpc) is 3.19. The fraction of sp³-hybridized carbons (Fsp3) is 1.00. The van der Waals surface area contributed by atoms with Crippen LogP contribution in [0, 0.1) is 5.92 Å². The van der Waals surface area contributed by atoms with Crippen LogP contribution in [0.4, 0.5) is 0 Å². The van der Waals surface area contributed by atoms with E-state index in [4.69, 9.17) is 0 Å². The van der Waals surface area contributed by atoms with E-state index in [2.05, 4.69) is 31.0 Å². The van der Waals surface area contributed by atoms with Crippen molar-refractivity contribution in [2.75, 3.05) is 19.6 Å². The molecule has 18 heavy (non-hydrogen) atoms. The first kappa shape index (κ1) is 14.3. The Kier molecular flexibility index (Phi) is 5.08. The lowest BCUT2D eigenvalue weighted by molar-refractivity contribution is 0.0899. The molecule has 0 aromatic rings. The maximum Gasteiger partial charge on any atom is 0.0309 e. The van der Waals surface area contributed by atoms with Crippen molar-refractivity contribution in [3.05, 3.63) is 0 Å². The van der Waals surface area contributed by atoms with E-state index in [0.717, 1.165) is 12.0 Å². The first-order valence-corrected chi connectivity index (χ1v) is 8.15. The lowest BCUT2D eigenvalue weighted by Gasteiger charge is -2.44. The number of hydrogen-bond donors (Lipinski definition) is 1. The predicted molar refractivity (Wildman–Crippen MR) is 78.9 cm³/mol. The molecular weight excluding hydrogens is 220 g/mol. The van der Waals surface area contributed by atoms with Crippen molar-refractivity contribution < 1.29 is 0 Å². The van der Waals surface area contributed by atoms with Gasteiger partial charge in [-0.2, -0.15) is 0 Å². The van der Waals surface area contributed by atoms with Crippen LogP contribution in [0.25, 0.3) is 0 Å². The van der Waals surface area contributed by atoms with Gasteiger partial charge in [-0.15, -0.1) is 0 Å². The summed E-state index contributed by atoms with van der Waals surface area (Å²) in [5.41, 5.74) is 0.413. The van der Waals surface area contributed by atoms with Crippen molar-refractivity contribution in [3.8, 4) is 0 Å². The molecule has 1 aliphatic heterocycles. The molecule has 2 atom stereocenters. The van der Waals surface area contributed by atoms with Crippen molar-refractivity contribution in [2.45, 2.75) is 77.3 Å². The van der Waals surface area contributed by atoms with E-state index in [0.29, 0.717) is 5.54 Å². The van der Waals surface area contributed by atoms with Gasteiger partial charge in [-0.1, -0.05) is 32.6 Å². The SMILES string of the molecule is CCCCCCC(C)N1CCNC(C)(C2CC2)C1. The van der Waals surface area contributed by atoms with Gasteiger partial charge in [-0.25, -0.2) is 0 Å². The molecule has 1 N–H and O–H groups in total. The van der Waals surface area contributed by atoms with Crippen LogP contribution < -0.4 is 5.32 Å². The van der Waals surface area contributed by atoms with Gasteiger partial charge in [0.05, 0.1) is 0 Å². The van der Waals surface area contributed by atoms with Crippen molar-refractivity contribution in [2.24, 2.45) is 5.92 Å². The summed E-state index contributed by atoms with van der Waals surface area (Å²) in [7, 11) is 0. The third kappa shape index (κ3) is 3.71. The standard InChI is InChI=1S/C16H32N2/c1-4-5-6-7-8-14(2)18-12-11-17-16(3,13-18)15-9-10-15/h14-15,17H,4-13H2,1-3H3. The molecule has 1 aliphatic carbocycles. The number of nitrogens with one attached hydrogen (secondary N) is 1. The smallest absolute Gasteiger partial charge is 0.0309 e. The first-order chi connectivity index (χ1) is 8.65. The van der Waals surface area contributed by atoms with Gasteiger partial charge in [0, 0.05) is 31.2 Å². The number of nitrogens with zero attached hydrogens (tertiary/aromatic N) is 1. The van der Waals surface area contributed by atoms with Gasteiger partial charge in [0.15, 0.2) is 0 Å². The molecule has 2 rings (SSSR count). The largest absolute Gasteiger partial charge is 0.309 e. The lowest BCUT2D eigenvalue weighted by Crippen LogP contribution is -2.61. The van der Waals surface area contributed by atoms with Crippen molar-refractivity contribution in [3.63, 3.8) is 0 Å². The highest BCUT2D eigenvalue weighted by atomic mass is 15.2. The summed E-state index contributed by atoms with van der Waals surface area (Å²) in [6, 6.07) is 0.780. The van der Waals surface area contributed by atoms with E-state index in [1.807, 2.05) is 0 Å². The normalized spacial score (nSPS) is 31.5.